The molecule has 1 fully saturated rings. The minimum atomic E-state index is -2.66. The topological polar surface area (TPSA) is 157 Å². The number of aliphatic hydroxyl groups is 4. The normalized spacial score (nSPS) is 35.4. The zero-order valence-corrected chi connectivity index (χ0v) is 10.9. The van der Waals surface area contributed by atoms with Gasteiger partial charge in [0.2, 0.25) is 5.91 Å². The Morgan fingerprint density at radius 1 is 1.50 bits per heavy atom. The predicted octanol–water partition coefficient (Wildman–Crippen LogP) is -2.84. The van der Waals surface area contributed by atoms with Crippen LogP contribution in [0.15, 0.2) is 0 Å². The van der Waals surface area contributed by atoms with Crippen molar-refractivity contribution in [3.63, 3.8) is 0 Å². The summed E-state index contributed by atoms with van der Waals surface area (Å²) in [6, 6.07) is -1.09. The number of hydrogen-bond acceptors (Lipinski definition) is 7. The second kappa shape index (κ2) is 6.46. The quantitative estimate of drug-likeness (QED) is 0.316. The van der Waals surface area contributed by atoms with Gasteiger partial charge in [-0.05, 0) is 6.42 Å². The van der Waals surface area contributed by atoms with Gasteiger partial charge < -0.3 is 35.6 Å². The maximum Gasteiger partial charge on any atom is 0.364 e. The number of carbonyl (C=O) groups excluding carboxylic acids is 1. The molecule has 1 amide bonds. The van der Waals surface area contributed by atoms with Crippen molar-refractivity contribution in [2.75, 3.05) is 6.61 Å². The predicted molar refractivity (Wildman–Crippen MR) is 63.4 cm³/mol. The molecule has 116 valence electrons. The summed E-state index contributed by atoms with van der Waals surface area (Å²) in [7, 11) is 0. The molecular formula is C11H19NO8. The van der Waals surface area contributed by atoms with Crippen molar-refractivity contribution in [1.29, 1.82) is 0 Å². The van der Waals surface area contributed by atoms with Crippen LogP contribution < -0.4 is 5.32 Å². The molecule has 0 radical (unpaired) electrons. The Hall–Kier alpha value is -1.26. The van der Waals surface area contributed by atoms with E-state index >= 15 is 0 Å². The van der Waals surface area contributed by atoms with Gasteiger partial charge in [-0.2, -0.15) is 0 Å². The summed E-state index contributed by atoms with van der Waals surface area (Å²) in [5, 5.41) is 49.6. The summed E-state index contributed by atoms with van der Waals surface area (Å²) < 4.78 is 4.95. The third-order valence-electron chi connectivity index (χ3n) is 3.09. The number of carboxylic acid groups (broad SMARTS) is 1. The van der Waals surface area contributed by atoms with E-state index in [1.165, 1.54) is 6.92 Å². The van der Waals surface area contributed by atoms with Gasteiger partial charge in [0.1, 0.15) is 6.10 Å². The average molecular weight is 293 g/mol. The maximum atomic E-state index is 11.1. The Balaban J connectivity index is 2.99. The van der Waals surface area contributed by atoms with Crippen molar-refractivity contribution < 1.29 is 39.9 Å². The highest BCUT2D eigenvalue weighted by molar-refractivity contribution is 5.76. The van der Waals surface area contributed by atoms with Gasteiger partial charge in [-0.1, -0.05) is 0 Å². The third kappa shape index (κ3) is 3.64. The number of carbonyl (C=O) groups is 2. The summed E-state index contributed by atoms with van der Waals surface area (Å²) in [6.45, 7) is 0.773. The number of rotatable bonds is 5. The van der Waals surface area contributed by atoms with Crippen molar-refractivity contribution in [1.82, 2.24) is 5.32 Å². The molecule has 0 aromatic rings. The molecule has 0 aromatic heterocycles. The summed E-state index contributed by atoms with van der Waals surface area (Å²) in [5.41, 5.74) is 0. The van der Waals surface area contributed by atoms with Gasteiger partial charge >= 0.3 is 5.97 Å². The maximum absolute atomic E-state index is 11.1. The fourth-order valence-corrected chi connectivity index (χ4v) is 2.14. The van der Waals surface area contributed by atoms with E-state index in [2.05, 4.69) is 5.32 Å². The number of nitrogens with one attached hydrogen (secondary N) is 1. The number of amides is 1. The Labute approximate surface area is 114 Å². The highest BCUT2D eigenvalue weighted by Gasteiger charge is 2.52. The van der Waals surface area contributed by atoms with Crippen LogP contribution in [0.4, 0.5) is 0 Å². The molecule has 5 atom stereocenters. The first-order chi connectivity index (χ1) is 9.21. The van der Waals surface area contributed by atoms with Crippen molar-refractivity contribution in [3.05, 3.63) is 0 Å². The molecule has 0 spiro atoms. The molecule has 1 aliphatic rings. The van der Waals surface area contributed by atoms with Crippen molar-refractivity contribution in [2.24, 2.45) is 0 Å². The minimum absolute atomic E-state index is 0.164. The highest BCUT2D eigenvalue weighted by Crippen LogP contribution is 2.30. The Morgan fingerprint density at radius 3 is 2.55 bits per heavy atom. The SMILES string of the molecule is CC(=O)N[C@H]1[C@H]([C@H](O)CCO)O[C@](O)(C(=O)O)C[C@@H]1O. The van der Waals surface area contributed by atoms with E-state index in [-0.39, 0.29) is 6.42 Å². The first-order valence-electron chi connectivity index (χ1n) is 6.09. The molecule has 9 nitrogen and oxygen atoms in total. The van der Waals surface area contributed by atoms with Gasteiger partial charge in [-0.15, -0.1) is 0 Å². The van der Waals surface area contributed by atoms with E-state index in [1.807, 2.05) is 0 Å². The van der Waals surface area contributed by atoms with E-state index in [0.717, 1.165) is 0 Å². The lowest BCUT2D eigenvalue weighted by Crippen LogP contribution is -2.65. The zero-order valence-electron chi connectivity index (χ0n) is 10.9. The Bertz CT molecular complexity index is 375. The second-order valence-electron chi connectivity index (χ2n) is 4.75. The van der Waals surface area contributed by atoms with Gasteiger partial charge in [0.05, 0.1) is 18.2 Å². The molecule has 1 aliphatic heterocycles. The lowest BCUT2D eigenvalue weighted by molar-refractivity contribution is -0.289. The molecule has 0 bridgehead atoms. The monoisotopic (exact) mass is 293 g/mol. The van der Waals surface area contributed by atoms with E-state index in [4.69, 9.17) is 14.9 Å². The van der Waals surface area contributed by atoms with E-state index in [1.54, 1.807) is 0 Å². The molecule has 1 heterocycles. The van der Waals surface area contributed by atoms with Gasteiger partial charge in [0, 0.05) is 20.0 Å². The average Bonchev–Trinajstić information content (AvgIpc) is 2.32. The molecule has 0 saturated carbocycles. The lowest BCUT2D eigenvalue weighted by Gasteiger charge is -2.44. The standard InChI is InChI=1S/C11H19NO8/c1-5(14)12-8-7(16)4-11(19,10(17)18)20-9(8)6(15)2-3-13/h6-9,13,15-16,19H,2-4H2,1H3,(H,12,14)(H,17,18)/t6-,7+,8-,9+,11+/m1/s1. The zero-order chi connectivity index (χ0) is 15.5. The summed E-state index contributed by atoms with van der Waals surface area (Å²) >= 11 is 0. The molecule has 0 unspecified atom stereocenters. The van der Waals surface area contributed by atoms with Crippen LogP contribution in [0.1, 0.15) is 19.8 Å². The van der Waals surface area contributed by atoms with Crippen LogP contribution in [-0.4, -0.2) is 74.2 Å². The van der Waals surface area contributed by atoms with Crippen LogP contribution in [0.2, 0.25) is 0 Å². The highest BCUT2D eigenvalue weighted by atomic mass is 16.7. The number of ether oxygens (including phenoxy) is 1. The van der Waals surface area contributed by atoms with E-state index in [9.17, 15) is 24.9 Å². The second-order valence-corrected chi connectivity index (χ2v) is 4.75. The van der Waals surface area contributed by atoms with Crippen LogP contribution in [0.5, 0.6) is 0 Å². The van der Waals surface area contributed by atoms with Crippen molar-refractivity contribution in [2.45, 2.75) is 49.9 Å². The van der Waals surface area contributed by atoms with Crippen LogP contribution in [0.25, 0.3) is 0 Å². The summed E-state index contributed by atoms with van der Waals surface area (Å²) in [5.74, 6) is -4.88. The van der Waals surface area contributed by atoms with Crippen molar-refractivity contribution >= 4 is 11.9 Å². The Morgan fingerprint density at radius 2 is 2.10 bits per heavy atom. The fourth-order valence-electron chi connectivity index (χ4n) is 2.14. The first kappa shape index (κ1) is 16.8. The van der Waals surface area contributed by atoms with Gasteiger partial charge in [0.25, 0.3) is 5.79 Å². The number of aliphatic hydroxyl groups excluding tert-OH is 3. The molecule has 0 aliphatic carbocycles. The van der Waals surface area contributed by atoms with Crippen LogP contribution in [-0.2, 0) is 14.3 Å². The molecule has 9 heteroatoms. The largest absolute Gasteiger partial charge is 0.477 e. The minimum Gasteiger partial charge on any atom is -0.477 e. The number of carboxylic acids is 1. The molecular weight excluding hydrogens is 274 g/mol. The molecule has 20 heavy (non-hydrogen) atoms. The summed E-state index contributed by atoms with van der Waals surface area (Å²) in [6.07, 6.45) is -4.97. The molecule has 0 aromatic carbocycles. The number of aliphatic carboxylic acids is 1. The van der Waals surface area contributed by atoms with Crippen LogP contribution in [0.3, 0.4) is 0 Å². The van der Waals surface area contributed by atoms with Gasteiger partial charge in [-0.3, -0.25) is 4.79 Å². The van der Waals surface area contributed by atoms with Crippen LogP contribution >= 0.6 is 0 Å². The Kier molecular flexibility index (Phi) is 5.42. The van der Waals surface area contributed by atoms with Crippen LogP contribution in [0, 0.1) is 0 Å². The fraction of sp³-hybridized carbons (Fsp3) is 0.818. The molecule has 6 N–H and O–H groups in total. The lowest BCUT2D eigenvalue weighted by atomic mass is 9.89. The van der Waals surface area contributed by atoms with E-state index < -0.39 is 55.0 Å². The summed E-state index contributed by atoms with van der Waals surface area (Å²) in [4.78, 5) is 22.1. The first-order valence-corrected chi connectivity index (χ1v) is 6.09. The van der Waals surface area contributed by atoms with Gasteiger partial charge in [0.15, 0.2) is 0 Å². The van der Waals surface area contributed by atoms with E-state index in [0.29, 0.717) is 0 Å². The van der Waals surface area contributed by atoms with Crippen molar-refractivity contribution in [3.8, 4) is 0 Å². The third-order valence-corrected chi connectivity index (χ3v) is 3.09. The van der Waals surface area contributed by atoms with Gasteiger partial charge in [-0.25, -0.2) is 4.79 Å². The smallest absolute Gasteiger partial charge is 0.364 e. The number of hydrogen-bond donors (Lipinski definition) is 6. The molecule has 1 saturated heterocycles. The molecule has 1 rings (SSSR count).